The number of nitrogens with zero attached hydrogens (tertiary/aromatic N) is 1. The van der Waals surface area contributed by atoms with E-state index in [2.05, 4.69) is 12.7 Å². The second kappa shape index (κ2) is 8.45. The van der Waals surface area contributed by atoms with Gasteiger partial charge in [0.05, 0.1) is 6.20 Å². The van der Waals surface area contributed by atoms with Crippen LogP contribution in [0.2, 0.25) is 0 Å². The Morgan fingerprint density at radius 1 is 1.47 bits per heavy atom. The van der Waals surface area contributed by atoms with Crippen molar-refractivity contribution in [1.29, 1.82) is 0 Å². The second-order valence-corrected chi connectivity index (χ2v) is 9.53. The van der Waals surface area contributed by atoms with Crippen LogP contribution in [0.15, 0.2) is 39.6 Å². The van der Waals surface area contributed by atoms with Gasteiger partial charge < -0.3 is 4.74 Å². The average molecular weight is 443 g/mol. The summed E-state index contributed by atoms with van der Waals surface area (Å²) in [5.41, 5.74) is 0.363. The van der Waals surface area contributed by atoms with E-state index in [0.29, 0.717) is 5.92 Å². The molecule has 1 aliphatic carbocycles. The minimum absolute atomic E-state index is 0.0167. The number of fused-ring (bicyclic) bond motifs is 1. The Morgan fingerprint density at radius 2 is 2.27 bits per heavy atom. The quantitative estimate of drug-likeness (QED) is 0.531. The van der Waals surface area contributed by atoms with Gasteiger partial charge >= 0.3 is 13.9 Å². The molecule has 1 aromatic heterocycles. The largest absolute Gasteiger partial charge is 0.573 e. The van der Waals surface area contributed by atoms with E-state index in [9.17, 15) is 18.9 Å². The van der Waals surface area contributed by atoms with Gasteiger partial charge in [0.15, 0.2) is 0 Å². The smallest absolute Gasteiger partial charge is 0.349 e. The number of H-pyrrole nitrogens is 1. The van der Waals surface area contributed by atoms with Gasteiger partial charge in [0.2, 0.25) is 5.82 Å². The Kier molecular flexibility index (Phi) is 6.07. The van der Waals surface area contributed by atoms with Crippen molar-refractivity contribution in [2.45, 2.75) is 51.0 Å². The molecular weight excluding hydrogens is 418 g/mol. The minimum atomic E-state index is -3.54. The summed E-state index contributed by atoms with van der Waals surface area (Å²) in [6.07, 6.45) is 3.84. The highest BCUT2D eigenvalue weighted by molar-refractivity contribution is 7.55. The highest BCUT2D eigenvalue weighted by atomic mass is 31.2. The Bertz CT molecular complexity index is 976. The Labute approximate surface area is 172 Å². The standard InChI is InChI=1S/C19H24FN2O7P/c1-11(2)13-5-3-12(4-6-13)9-26-30(25)27-10-16-15(29-30)7-17(28-16)22-8-14(20)18(23)21-19(22)24/h3,8,13,15-17,25H,1,4-7,9-10H2,2H3/p+1/t13-,15+,16-,17-,30?/m1/s1. The van der Waals surface area contributed by atoms with Crippen molar-refractivity contribution < 1.29 is 27.6 Å². The maximum Gasteiger partial charge on any atom is 0.573 e. The van der Waals surface area contributed by atoms with Crippen molar-refractivity contribution >= 4 is 8.17 Å². The topological polar surface area (TPSA) is 112 Å². The number of aromatic nitrogens is 2. The van der Waals surface area contributed by atoms with Gasteiger partial charge in [-0.05, 0) is 37.7 Å². The molecule has 3 heterocycles. The highest BCUT2D eigenvalue weighted by Gasteiger charge is 2.58. The summed E-state index contributed by atoms with van der Waals surface area (Å²) < 4.78 is 36.9. The van der Waals surface area contributed by atoms with Crippen LogP contribution < -0.4 is 11.2 Å². The zero-order valence-electron chi connectivity index (χ0n) is 16.6. The predicted molar refractivity (Wildman–Crippen MR) is 106 cm³/mol. The summed E-state index contributed by atoms with van der Waals surface area (Å²) in [5, 5.41) is 0. The van der Waals surface area contributed by atoms with Crippen LogP contribution in [0.5, 0.6) is 0 Å². The molecule has 164 valence electrons. The van der Waals surface area contributed by atoms with Crippen LogP contribution in [0, 0.1) is 11.7 Å². The molecule has 0 radical (unpaired) electrons. The van der Waals surface area contributed by atoms with E-state index >= 15 is 0 Å². The van der Waals surface area contributed by atoms with Crippen LogP contribution in [0.3, 0.4) is 0 Å². The number of hydrogen-bond donors (Lipinski definition) is 2. The lowest BCUT2D eigenvalue weighted by Gasteiger charge is -2.27. The first kappa shape index (κ1) is 21.5. The lowest BCUT2D eigenvalue weighted by Crippen LogP contribution is -2.35. The SMILES string of the molecule is C=C(C)[C@@H]1CC=C(CO[P+]2(O)OC[C@H]3O[C@@H](n4cc(F)c(=O)[nH]c4=O)C[C@@H]3O2)CC1. The molecule has 11 heteroatoms. The highest BCUT2D eigenvalue weighted by Crippen LogP contribution is 2.63. The fraction of sp³-hybridized carbons (Fsp3) is 0.579. The van der Waals surface area contributed by atoms with Gasteiger partial charge in [0, 0.05) is 6.42 Å². The average Bonchev–Trinajstić information content (AvgIpc) is 3.12. The molecule has 4 rings (SSSR count). The van der Waals surface area contributed by atoms with Gasteiger partial charge in [-0.3, -0.25) is 14.3 Å². The van der Waals surface area contributed by atoms with Gasteiger partial charge in [-0.15, -0.1) is 9.05 Å². The Morgan fingerprint density at radius 3 is 2.97 bits per heavy atom. The molecule has 0 aromatic carbocycles. The molecule has 0 saturated carbocycles. The Balaban J connectivity index is 1.37. The maximum absolute atomic E-state index is 13.6. The molecule has 0 bridgehead atoms. The number of aromatic amines is 1. The molecule has 3 aliphatic rings. The maximum atomic E-state index is 13.6. The van der Waals surface area contributed by atoms with E-state index in [-0.39, 0.29) is 19.6 Å². The molecule has 2 aliphatic heterocycles. The lowest BCUT2D eigenvalue weighted by atomic mass is 9.86. The van der Waals surface area contributed by atoms with Crippen LogP contribution in [-0.4, -0.2) is 39.9 Å². The molecule has 30 heavy (non-hydrogen) atoms. The third-order valence-corrected chi connectivity index (χ3v) is 7.17. The van der Waals surface area contributed by atoms with Gasteiger partial charge in [-0.25, -0.2) is 4.79 Å². The van der Waals surface area contributed by atoms with E-state index < -0.39 is 43.7 Å². The van der Waals surface area contributed by atoms with Gasteiger partial charge in [-0.2, -0.15) is 13.8 Å². The molecule has 1 aromatic rings. The predicted octanol–water partition coefficient (Wildman–Crippen LogP) is 2.37. The summed E-state index contributed by atoms with van der Waals surface area (Å²) in [4.78, 5) is 35.7. The fourth-order valence-corrected chi connectivity index (χ4v) is 5.30. The van der Waals surface area contributed by atoms with Crippen molar-refractivity contribution in [1.82, 2.24) is 9.55 Å². The zero-order valence-corrected chi connectivity index (χ0v) is 17.5. The van der Waals surface area contributed by atoms with E-state index in [1.807, 2.05) is 11.9 Å². The van der Waals surface area contributed by atoms with Gasteiger partial charge in [0.25, 0.3) is 5.56 Å². The molecule has 2 N–H and O–H groups in total. The van der Waals surface area contributed by atoms with Crippen molar-refractivity contribution in [2.24, 2.45) is 5.92 Å². The molecule has 2 saturated heterocycles. The van der Waals surface area contributed by atoms with Crippen molar-refractivity contribution in [3.05, 3.63) is 56.7 Å². The van der Waals surface area contributed by atoms with Crippen molar-refractivity contribution in [2.75, 3.05) is 13.2 Å². The first-order valence-corrected chi connectivity index (χ1v) is 11.3. The summed E-state index contributed by atoms with van der Waals surface area (Å²) in [6, 6.07) is 0. The van der Waals surface area contributed by atoms with Gasteiger partial charge in [0.1, 0.15) is 31.6 Å². The van der Waals surface area contributed by atoms with Crippen LogP contribution in [0.1, 0.15) is 38.8 Å². The summed E-state index contributed by atoms with van der Waals surface area (Å²) in [6.45, 7) is 6.25. The van der Waals surface area contributed by atoms with Crippen LogP contribution in [0.4, 0.5) is 4.39 Å². The summed E-state index contributed by atoms with van der Waals surface area (Å²) >= 11 is 0. The fourth-order valence-electron chi connectivity index (χ4n) is 3.88. The number of halogens is 1. The molecule has 1 unspecified atom stereocenters. The third kappa shape index (κ3) is 4.49. The van der Waals surface area contributed by atoms with E-state index in [1.54, 1.807) is 0 Å². The van der Waals surface area contributed by atoms with E-state index in [1.165, 1.54) is 5.57 Å². The first-order chi connectivity index (χ1) is 14.2. The third-order valence-electron chi connectivity index (χ3n) is 5.70. The summed E-state index contributed by atoms with van der Waals surface area (Å²) in [5.74, 6) is -0.615. The van der Waals surface area contributed by atoms with E-state index in [0.717, 1.165) is 35.6 Å². The number of rotatable bonds is 5. The molecule has 0 amide bonds. The van der Waals surface area contributed by atoms with Crippen LogP contribution in [-0.2, 0) is 18.3 Å². The minimum Gasteiger partial charge on any atom is -0.349 e. The van der Waals surface area contributed by atoms with Crippen LogP contribution in [0.25, 0.3) is 0 Å². The monoisotopic (exact) mass is 443 g/mol. The second-order valence-electron chi connectivity index (χ2n) is 7.87. The van der Waals surface area contributed by atoms with Gasteiger partial charge in [-0.1, -0.05) is 18.2 Å². The molecule has 5 atom stereocenters. The van der Waals surface area contributed by atoms with Crippen molar-refractivity contribution in [3.8, 4) is 0 Å². The normalized spacial score (nSPS) is 33.8. The number of ether oxygens (including phenoxy) is 1. The van der Waals surface area contributed by atoms with Crippen molar-refractivity contribution in [3.63, 3.8) is 0 Å². The summed E-state index contributed by atoms with van der Waals surface area (Å²) in [7, 11) is -3.54. The lowest BCUT2D eigenvalue weighted by molar-refractivity contribution is -0.0810. The first-order valence-electron chi connectivity index (χ1n) is 9.83. The number of hydrogen-bond acceptors (Lipinski definition) is 7. The number of nitrogens with one attached hydrogen (secondary N) is 1. The van der Waals surface area contributed by atoms with Crippen LogP contribution >= 0.6 is 8.17 Å². The zero-order chi connectivity index (χ0) is 21.5. The number of allylic oxidation sites excluding steroid dienone is 2. The van der Waals surface area contributed by atoms with E-state index in [4.69, 9.17) is 18.3 Å². The molecule has 0 spiro atoms. The molecule has 9 nitrogen and oxygen atoms in total. The molecular formula is C19H25FN2O7P+. The Hall–Kier alpha value is -1.68. The molecule has 2 fully saturated rings.